The van der Waals surface area contributed by atoms with E-state index in [1.807, 2.05) is 42.5 Å². The first-order valence-corrected chi connectivity index (χ1v) is 11.2. The Labute approximate surface area is 183 Å². The number of hydrogen-bond acceptors (Lipinski definition) is 4. The molecule has 1 heterocycles. The van der Waals surface area contributed by atoms with Crippen LogP contribution in [0.1, 0.15) is 55.1 Å². The highest BCUT2D eigenvalue weighted by atomic mass is 16.5. The lowest BCUT2D eigenvalue weighted by molar-refractivity contribution is -0.121. The average Bonchev–Trinajstić information content (AvgIpc) is 3.27. The predicted octanol–water partition coefficient (Wildman–Crippen LogP) is 4.71. The normalized spacial score (nSPS) is 33.0. The number of phenolic OH excluding ortho intramolecular Hbond substituents is 1. The Morgan fingerprint density at radius 1 is 1.16 bits per heavy atom. The van der Waals surface area contributed by atoms with Crippen LogP contribution in [-0.2, 0) is 4.74 Å². The number of aromatic hydroxyl groups is 1. The predicted molar refractivity (Wildman–Crippen MR) is 118 cm³/mol. The monoisotopic (exact) mass is 421 g/mol. The third-order valence-corrected chi connectivity index (χ3v) is 8.37. The summed E-state index contributed by atoms with van der Waals surface area (Å²) in [5.74, 6) is 1.39. The Balaban J connectivity index is 1.50. The molecule has 2 saturated carbocycles. The Kier molecular flexibility index (Phi) is 4.78. The van der Waals surface area contributed by atoms with Crippen molar-refractivity contribution in [1.82, 2.24) is 5.32 Å². The molecule has 5 heteroatoms. The van der Waals surface area contributed by atoms with Gasteiger partial charge in [0.25, 0.3) is 5.91 Å². The van der Waals surface area contributed by atoms with Crippen molar-refractivity contribution in [3.63, 3.8) is 0 Å². The van der Waals surface area contributed by atoms with E-state index in [4.69, 9.17) is 9.47 Å². The van der Waals surface area contributed by atoms with E-state index in [-0.39, 0.29) is 40.6 Å². The van der Waals surface area contributed by atoms with E-state index < -0.39 is 0 Å². The molecule has 3 fully saturated rings. The van der Waals surface area contributed by atoms with Crippen LogP contribution in [0, 0.1) is 22.7 Å². The van der Waals surface area contributed by atoms with Crippen LogP contribution in [0.15, 0.2) is 48.5 Å². The molecule has 2 N–H and O–H groups in total. The van der Waals surface area contributed by atoms with Crippen molar-refractivity contribution in [1.29, 1.82) is 0 Å². The quantitative estimate of drug-likeness (QED) is 0.750. The zero-order valence-corrected chi connectivity index (χ0v) is 18.4. The summed E-state index contributed by atoms with van der Waals surface area (Å²) in [6.07, 6.45) is 2.88. The molecule has 2 bridgehead atoms. The standard InChI is InChI=1S/C26H31NO4/c1-25(2)17-14-19-22(18-10-7-11-20(30-3)21(18)28)31-13-12-26(19,15-17)24(25)27-23(29)16-8-5-4-6-9-16/h4-11,17,19,22,24,28H,12-15H2,1-3H3,(H,27,29)/t17-,19-,22-,24-,26-/m1/s1. The van der Waals surface area contributed by atoms with E-state index in [9.17, 15) is 9.90 Å². The summed E-state index contributed by atoms with van der Waals surface area (Å²) in [7, 11) is 1.57. The largest absolute Gasteiger partial charge is 0.504 e. The molecule has 1 spiro atoms. The van der Waals surface area contributed by atoms with Crippen LogP contribution in [0.4, 0.5) is 0 Å². The SMILES string of the molecule is COc1cccc([C@H]2OCC[C@@]34C[C@@H](C[C@H]23)C(C)(C)[C@H]4NC(=O)c2ccccc2)c1O. The van der Waals surface area contributed by atoms with Crippen molar-refractivity contribution < 1.29 is 19.4 Å². The molecule has 31 heavy (non-hydrogen) atoms. The number of nitrogens with one attached hydrogen (secondary N) is 1. The smallest absolute Gasteiger partial charge is 0.251 e. The van der Waals surface area contributed by atoms with Crippen LogP contribution < -0.4 is 10.1 Å². The summed E-state index contributed by atoms with van der Waals surface area (Å²) in [5.41, 5.74) is 1.47. The van der Waals surface area contributed by atoms with Crippen LogP contribution in [0.25, 0.3) is 0 Å². The summed E-state index contributed by atoms with van der Waals surface area (Å²) in [5, 5.41) is 14.3. The molecule has 0 radical (unpaired) electrons. The fraction of sp³-hybridized carbons (Fsp3) is 0.500. The van der Waals surface area contributed by atoms with E-state index in [2.05, 4.69) is 19.2 Å². The molecule has 164 valence electrons. The molecule has 2 aromatic carbocycles. The number of methoxy groups -OCH3 is 1. The number of amides is 1. The van der Waals surface area contributed by atoms with E-state index in [0.29, 0.717) is 23.8 Å². The van der Waals surface area contributed by atoms with Gasteiger partial charge in [0.05, 0.1) is 13.2 Å². The van der Waals surface area contributed by atoms with Gasteiger partial charge in [0.15, 0.2) is 11.5 Å². The number of para-hydroxylation sites is 1. The van der Waals surface area contributed by atoms with Crippen LogP contribution in [-0.4, -0.2) is 30.8 Å². The number of carbonyl (C=O) groups is 1. The first-order chi connectivity index (χ1) is 14.9. The Morgan fingerprint density at radius 3 is 2.68 bits per heavy atom. The van der Waals surface area contributed by atoms with Crippen molar-refractivity contribution in [2.45, 2.75) is 45.3 Å². The van der Waals surface area contributed by atoms with Crippen LogP contribution in [0.2, 0.25) is 0 Å². The summed E-state index contributed by atoms with van der Waals surface area (Å²) in [6.45, 7) is 5.22. The van der Waals surface area contributed by atoms with E-state index in [1.54, 1.807) is 13.2 Å². The molecule has 5 atom stereocenters. The highest BCUT2D eigenvalue weighted by molar-refractivity contribution is 5.94. The zero-order valence-electron chi connectivity index (χ0n) is 18.4. The van der Waals surface area contributed by atoms with Crippen molar-refractivity contribution in [2.24, 2.45) is 22.7 Å². The minimum absolute atomic E-state index is 0.00776. The van der Waals surface area contributed by atoms with Crippen molar-refractivity contribution in [2.75, 3.05) is 13.7 Å². The number of phenols is 1. The van der Waals surface area contributed by atoms with Gasteiger partial charge in [-0.15, -0.1) is 0 Å². The fourth-order valence-corrected chi connectivity index (χ4v) is 6.83. The van der Waals surface area contributed by atoms with Crippen molar-refractivity contribution in [3.05, 3.63) is 59.7 Å². The highest BCUT2D eigenvalue weighted by Crippen LogP contribution is 2.71. The summed E-state index contributed by atoms with van der Waals surface area (Å²) in [4.78, 5) is 13.1. The Morgan fingerprint density at radius 2 is 1.94 bits per heavy atom. The van der Waals surface area contributed by atoms with Gasteiger partial charge in [0.1, 0.15) is 0 Å². The summed E-state index contributed by atoms with van der Waals surface area (Å²) in [6, 6.07) is 15.1. The van der Waals surface area contributed by atoms with Gasteiger partial charge in [-0.1, -0.05) is 44.2 Å². The molecular formula is C26H31NO4. The molecule has 3 aliphatic rings. The van der Waals surface area contributed by atoms with E-state index in [0.717, 1.165) is 24.8 Å². The Hall–Kier alpha value is -2.53. The Bertz CT molecular complexity index is 988. The van der Waals surface area contributed by atoms with Crippen molar-refractivity contribution >= 4 is 5.91 Å². The maximum absolute atomic E-state index is 13.1. The number of fused-ring (bicyclic) bond motifs is 1. The van der Waals surface area contributed by atoms with Gasteiger partial charge in [-0.25, -0.2) is 0 Å². The van der Waals surface area contributed by atoms with Gasteiger partial charge in [0, 0.05) is 23.8 Å². The van der Waals surface area contributed by atoms with E-state index >= 15 is 0 Å². The van der Waals surface area contributed by atoms with Gasteiger partial charge < -0.3 is 19.9 Å². The molecular weight excluding hydrogens is 390 g/mol. The summed E-state index contributed by atoms with van der Waals surface area (Å²) >= 11 is 0. The molecule has 1 aliphatic heterocycles. The average molecular weight is 422 g/mol. The number of benzene rings is 2. The molecule has 2 aliphatic carbocycles. The number of ether oxygens (including phenoxy) is 2. The molecule has 0 aromatic heterocycles. The van der Waals surface area contributed by atoms with Crippen LogP contribution in [0.5, 0.6) is 11.5 Å². The molecule has 5 rings (SSSR count). The fourth-order valence-electron chi connectivity index (χ4n) is 6.83. The second-order valence-corrected chi connectivity index (χ2v) is 10.0. The van der Waals surface area contributed by atoms with Crippen LogP contribution >= 0.6 is 0 Å². The topological polar surface area (TPSA) is 67.8 Å². The third-order valence-electron chi connectivity index (χ3n) is 8.37. The van der Waals surface area contributed by atoms with Gasteiger partial charge in [-0.2, -0.15) is 0 Å². The van der Waals surface area contributed by atoms with Gasteiger partial charge in [0.2, 0.25) is 0 Å². The zero-order chi connectivity index (χ0) is 21.8. The third kappa shape index (κ3) is 2.97. The minimum Gasteiger partial charge on any atom is -0.504 e. The van der Waals surface area contributed by atoms with Crippen LogP contribution in [0.3, 0.4) is 0 Å². The molecule has 0 unspecified atom stereocenters. The lowest BCUT2D eigenvalue weighted by atomic mass is 9.58. The minimum atomic E-state index is -0.193. The first-order valence-electron chi connectivity index (χ1n) is 11.2. The van der Waals surface area contributed by atoms with Gasteiger partial charge in [-0.05, 0) is 60.1 Å². The van der Waals surface area contributed by atoms with E-state index in [1.165, 1.54) is 0 Å². The maximum Gasteiger partial charge on any atom is 0.251 e. The number of hydrogen-bond donors (Lipinski definition) is 2. The van der Waals surface area contributed by atoms with Crippen molar-refractivity contribution in [3.8, 4) is 11.5 Å². The maximum atomic E-state index is 13.1. The van der Waals surface area contributed by atoms with Gasteiger partial charge in [-0.3, -0.25) is 4.79 Å². The molecule has 1 saturated heterocycles. The molecule has 5 nitrogen and oxygen atoms in total. The molecule has 1 amide bonds. The number of carbonyl (C=O) groups excluding carboxylic acids is 1. The first kappa shape index (κ1) is 20.4. The highest BCUT2D eigenvalue weighted by Gasteiger charge is 2.68. The molecule has 2 aromatic rings. The second-order valence-electron chi connectivity index (χ2n) is 10.0. The number of rotatable bonds is 4. The lowest BCUT2D eigenvalue weighted by Gasteiger charge is -2.53. The lowest BCUT2D eigenvalue weighted by Crippen LogP contribution is -2.58. The summed E-state index contributed by atoms with van der Waals surface area (Å²) < 4.78 is 11.6. The van der Waals surface area contributed by atoms with Gasteiger partial charge >= 0.3 is 0 Å². The second kappa shape index (κ2) is 7.27.